The van der Waals surface area contributed by atoms with Crippen molar-refractivity contribution in [1.29, 1.82) is 0 Å². The summed E-state index contributed by atoms with van der Waals surface area (Å²) < 4.78 is 5.13. The van der Waals surface area contributed by atoms with E-state index in [0.717, 1.165) is 11.4 Å². The summed E-state index contributed by atoms with van der Waals surface area (Å²) in [5, 5.41) is 13.0. The van der Waals surface area contributed by atoms with Gasteiger partial charge in [0.15, 0.2) is 0 Å². The van der Waals surface area contributed by atoms with E-state index < -0.39 is 11.5 Å². The highest BCUT2D eigenvalue weighted by atomic mass is 16.5. The molecule has 0 heterocycles. The number of nitrogens with one attached hydrogen (secondary N) is 1. The summed E-state index contributed by atoms with van der Waals surface area (Å²) in [5.41, 5.74) is -0.129. The van der Waals surface area contributed by atoms with Gasteiger partial charge < -0.3 is 15.2 Å². The van der Waals surface area contributed by atoms with Gasteiger partial charge in [-0.05, 0) is 48.9 Å². The number of hydrogen-bond donors (Lipinski definition) is 2. The molecule has 1 aromatic carbocycles. The van der Waals surface area contributed by atoms with Crippen molar-refractivity contribution < 1.29 is 14.6 Å². The molecule has 0 unspecified atom stereocenters. The molecule has 0 bridgehead atoms. The lowest BCUT2D eigenvalue weighted by Gasteiger charge is -2.34. The Labute approximate surface area is 127 Å². The predicted molar refractivity (Wildman–Crippen MR) is 85.9 cm³/mol. The lowest BCUT2D eigenvalue weighted by molar-refractivity contribution is -0.143. The van der Waals surface area contributed by atoms with Crippen molar-refractivity contribution in [2.24, 2.45) is 11.8 Å². The number of aliphatic carboxylic acids is 1. The molecule has 1 rings (SSSR count). The minimum atomic E-state index is -0.934. The number of hydrogen-bond acceptors (Lipinski definition) is 3. The molecule has 0 aliphatic carbocycles. The highest BCUT2D eigenvalue weighted by Crippen LogP contribution is 2.30. The minimum absolute atomic E-state index is 0.297. The first-order chi connectivity index (χ1) is 9.79. The first-order valence-corrected chi connectivity index (χ1v) is 7.44. The summed E-state index contributed by atoms with van der Waals surface area (Å²) in [6.07, 6.45) is 1.18. The Kier molecular flexibility index (Phi) is 6.06. The molecule has 0 saturated carbocycles. The molecule has 0 aliphatic rings. The van der Waals surface area contributed by atoms with E-state index in [2.05, 4.69) is 5.32 Å². The van der Waals surface area contributed by atoms with Crippen LogP contribution in [0.3, 0.4) is 0 Å². The SMILES string of the molecule is COc1ccc(NC(CC(C)C)(CC(C)C)C(=O)O)cc1. The number of carboxylic acid groups (broad SMARTS) is 1. The minimum Gasteiger partial charge on any atom is -0.497 e. The summed E-state index contributed by atoms with van der Waals surface area (Å²) >= 11 is 0. The predicted octanol–water partition coefficient (Wildman–Crippen LogP) is 4.02. The van der Waals surface area contributed by atoms with Crippen molar-refractivity contribution in [3.63, 3.8) is 0 Å². The Morgan fingerprint density at radius 3 is 1.95 bits per heavy atom. The van der Waals surface area contributed by atoms with Gasteiger partial charge in [-0.1, -0.05) is 27.7 Å². The first kappa shape index (κ1) is 17.3. The van der Waals surface area contributed by atoms with Crippen LogP contribution >= 0.6 is 0 Å². The normalized spacial score (nSPS) is 11.8. The topological polar surface area (TPSA) is 58.6 Å². The van der Waals surface area contributed by atoms with E-state index in [1.54, 1.807) is 7.11 Å². The zero-order valence-electron chi connectivity index (χ0n) is 13.6. The van der Waals surface area contributed by atoms with Crippen LogP contribution < -0.4 is 10.1 Å². The fraction of sp³-hybridized carbons (Fsp3) is 0.588. The van der Waals surface area contributed by atoms with Crippen LogP contribution in [0.15, 0.2) is 24.3 Å². The molecule has 1 aromatic rings. The fourth-order valence-corrected chi connectivity index (χ4v) is 2.76. The van der Waals surface area contributed by atoms with Crippen LogP contribution in [0, 0.1) is 11.8 Å². The van der Waals surface area contributed by atoms with E-state index >= 15 is 0 Å². The van der Waals surface area contributed by atoms with Gasteiger partial charge in [0, 0.05) is 5.69 Å². The van der Waals surface area contributed by atoms with E-state index in [4.69, 9.17) is 4.74 Å². The summed E-state index contributed by atoms with van der Waals surface area (Å²) in [4.78, 5) is 11.9. The van der Waals surface area contributed by atoms with Crippen LogP contribution in [0.5, 0.6) is 5.75 Å². The highest BCUT2D eigenvalue weighted by Gasteiger charge is 2.39. The van der Waals surface area contributed by atoms with Crippen molar-refractivity contribution in [3.8, 4) is 5.75 Å². The molecule has 118 valence electrons. The Hall–Kier alpha value is -1.71. The standard InChI is InChI=1S/C17H27NO3/c1-12(2)10-17(16(19)20,11-13(3)4)18-14-6-8-15(21-5)9-7-14/h6-9,12-13,18H,10-11H2,1-5H3,(H,19,20). The van der Waals surface area contributed by atoms with Gasteiger partial charge in [0.1, 0.15) is 11.3 Å². The molecule has 0 amide bonds. The fourth-order valence-electron chi connectivity index (χ4n) is 2.76. The number of methoxy groups -OCH3 is 1. The van der Waals surface area contributed by atoms with Crippen LogP contribution in [-0.4, -0.2) is 23.7 Å². The number of anilines is 1. The zero-order chi connectivity index (χ0) is 16.0. The Bertz CT molecular complexity index is 442. The second-order valence-electron chi connectivity index (χ2n) is 6.44. The third-order valence-corrected chi connectivity index (χ3v) is 3.40. The Morgan fingerprint density at radius 2 is 1.62 bits per heavy atom. The van der Waals surface area contributed by atoms with Crippen molar-refractivity contribution in [2.45, 2.75) is 46.1 Å². The molecule has 4 heteroatoms. The van der Waals surface area contributed by atoms with Crippen molar-refractivity contribution >= 4 is 11.7 Å². The average molecular weight is 293 g/mol. The molecule has 0 atom stereocenters. The largest absolute Gasteiger partial charge is 0.497 e. The van der Waals surface area contributed by atoms with Gasteiger partial charge in [-0.25, -0.2) is 4.79 Å². The van der Waals surface area contributed by atoms with Crippen LogP contribution in [0.4, 0.5) is 5.69 Å². The van der Waals surface area contributed by atoms with E-state index in [-0.39, 0.29) is 0 Å². The van der Waals surface area contributed by atoms with Crippen molar-refractivity contribution in [3.05, 3.63) is 24.3 Å². The van der Waals surface area contributed by atoms with Crippen LogP contribution in [0.1, 0.15) is 40.5 Å². The second-order valence-corrected chi connectivity index (χ2v) is 6.44. The maximum atomic E-state index is 11.9. The molecule has 0 saturated heterocycles. The first-order valence-electron chi connectivity index (χ1n) is 7.44. The molecular weight excluding hydrogens is 266 g/mol. The van der Waals surface area contributed by atoms with Crippen LogP contribution in [0.25, 0.3) is 0 Å². The third-order valence-electron chi connectivity index (χ3n) is 3.40. The van der Waals surface area contributed by atoms with Gasteiger partial charge in [0.05, 0.1) is 7.11 Å². The van der Waals surface area contributed by atoms with Crippen LogP contribution in [0.2, 0.25) is 0 Å². The number of benzene rings is 1. The molecule has 21 heavy (non-hydrogen) atoms. The van der Waals surface area contributed by atoms with Gasteiger partial charge in [0.2, 0.25) is 0 Å². The number of ether oxygens (including phenoxy) is 1. The lowest BCUT2D eigenvalue weighted by Crippen LogP contribution is -2.48. The summed E-state index contributed by atoms with van der Waals surface area (Å²) in [5.74, 6) is 0.561. The summed E-state index contributed by atoms with van der Waals surface area (Å²) in [6, 6.07) is 7.38. The monoisotopic (exact) mass is 293 g/mol. The Morgan fingerprint density at radius 1 is 1.14 bits per heavy atom. The molecule has 0 spiro atoms. The number of carbonyl (C=O) groups is 1. The van der Waals surface area contributed by atoms with E-state index in [1.165, 1.54) is 0 Å². The van der Waals surface area contributed by atoms with Gasteiger partial charge in [-0.2, -0.15) is 0 Å². The molecule has 0 aliphatic heterocycles. The zero-order valence-corrected chi connectivity index (χ0v) is 13.6. The third kappa shape index (κ3) is 4.96. The number of rotatable bonds is 8. The molecule has 0 radical (unpaired) electrons. The summed E-state index contributed by atoms with van der Waals surface area (Å²) in [6.45, 7) is 8.20. The molecule has 4 nitrogen and oxygen atoms in total. The van der Waals surface area contributed by atoms with Gasteiger partial charge in [-0.3, -0.25) is 0 Å². The molecule has 0 fully saturated rings. The van der Waals surface area contributed by atoms with Crippen molar-refractivity contribution in [2.75, 3.05) is 12.4 Å². The van der Waals surface area contributed by atoms with Gasteiger partial charge in [-0.15, -0.1) is 0 Å². The quantitative estimate of drug-likeness (QED) is 0.760. The van der Waals surface area contributed by atoms with Crippen LogP contribution in [-0.2, 0) is 4.79 Å². The molecule has 0 aromatic heterocycles. The Balaban J connectivity index is 3.05. The molecular formula is C17H27NO3. The van der Waals surface area contributed by atoms with E-state index in [9.17, 15) is 9.90 Å². The molecule has 2 N–H and O–H groups in total. The second kappa shape index (κ2) is 7.34. The van der Waals surface area contributed by atoms with Gasteiger partial charge >= 0.3 is 5.97 Å². The summed E-state index contributed by atoms with van der Waals surface area (Å²) in [7, 11) is 1.61. The number of carboxylic acids is 1. The maximum absolute atomic E-state index is 11.9. The van der Waals surface area contributed by atoms with E-state index in [0.29, 0.717) is 24.7 Å². The lowest BCUT2D eigenvalue weighted by atomic mass is 9.81. The van der Waals surface area contributed by atoms with Crippen molar-refractivity contribution in [1.82, 2.24) is 0 Å². The van der Waals surface area contributed by atoms with Gasteiger partial charge in [0.25, 0.3) is 0 Å². The smallest absolute Gasteiger partial charge is 0.329 e. The highest BCUT2D eigenvalue weighted by molar-refractivity contribution is 5.83. The van der Waals surface area contributed by atoms with E-state index in [1.807, 2.05) is 52.0 Å². The average Bonchev–Trinajstić information content (AvgIpc) is 2.37. The maximum Gasteiger partial charge on any atom is 0.329 e.